The van der Waals surface area contributed by atoms with Gasteiger partial charge < -0.3 is 4.74 Å². The number of hydrogen-bond donors (Lipinski definition) is 0. The highest BCUT2D eigenvalue weighted by Crippen LogP contribution is 1.78. The first-order chi connectivity index (χ1) is 4.43. The van der Waals surface area contributed by atoms with Crippen LogP contribution in [0.2, 0.25) is 0 Å². The number of nitrogens with zero attached hydrogens (tertiary/aromatic N) is 3. The van der Waals surface area contributed by atoms with Crippen molar-refractivity contribution in [3.8, 4) is 0 Å². The third-order valence-electron chi connectivity index (χ3n) is 0.741. The molecule has 0 fully saturated rings. The minimum Gasteiger partial charge on any atom is -0.445 e. The molecule has 0 aliphatic carbocycles. The van der Waals surface area contributed by atoms with Gasteiger partial charge in [-0.05, 0) is 0 Å². The predicted octanol–water partition coefficient (Wildman–Crippen LogP) is -0.591. The Hall–Kier alpha value is -1.39. The topological polar surface area (TPSA) is 57.0 Å². The van der Waals surface area contributed by atoms with Gasteiger partial charge in [-0.1, -0.05) is 0 Å². The summed E-state index contributed by atoms with van der Waals surface area (Å²) < 4.78 is 5.76. The second kappa shape index (κ2) is 2.81. The molecule has 0 radical (unpaired) electrons. The van der Waals surface area contributed by atoms with E-state index in [1.54, 1.807) is 0 Å². The molecular weight excluding hydrogens is 122 g/mol. The summed E-state index contributed by atoms with van der Waals surface area (Å²) in [5, 5.41) is 3.68. The molecule has 48 valence electrons. The lowest BCUT2D eigenvalue weighted by Crippen LogP contribution is -2.00. The van der Waals surface area contributed by atoms with Crippen LogP contribution in [0.5, 0.6) is 0 Å². The maximum Gasteiger partial charge on any atom is 0.294 e. The lowest BCUT2D eigenvalue weighted by atomic mass is 11.1. The lowest BCUT2D eigenvalue weighted by Gasteiger charge is -1.93. The number of carbonyl (C=O) groups excluding carboxylic acids is 1. The highest BCUT2D eigenvalue weighted by molar-refractivity contribution is 5.36. The molecule has 1 aromatic rings. The van der Waals surface area contributed by atoms with Gasteiger partial charge in [0.25, 0.3) is 6.47 Å². The van der Waals surface area contributed by atoms with Gasteiger partial charge in [0, 0.05) is 0 Å². The molecule has 0 amide bonds. The van der Waals surface area contributed by atoms with Gasteiger partial charge >= 0.3 is 0 Å². The van der Waals surface area contributed by atoms with Gasteiger partial charge in [-0.2, -0.15) is 5.10 Å². The van der Waals surface area contributed by atoms with Crippen molar-refractivity contribution in [3.63, 3.8) is 0 Å². The molecule has 0 aromatic carbocycles. The largest absolute Gasteiger partial charge is 0.445 e. The maximum absolute atomic E-state index is 9.62. The van der Waals surface area contributed by atoms with E-state index in [1.807, 2.05) is 0 Å². The zero-order chi connectivity index (χ0) is 6.53. The Balaban J connectivity index is 2.38. The van der Waals surface area contributed by atoms with Crippen LogP contribution in [-0.2, 0) is 16.3 Å². The Labute approximate surface area is 51.3 Å². The summed E-state index contributed by atoms with van der Waals surface area (Å²) in [5.74, 6) is 0. The summed E-state index contributed by atoms with van der Waals surface area (Å²) >= 11 is 0. The summed E-state index contributed by atoms with van der Waals surface area (Å²) in [4.78, 5) is 13.2. The molecule has 0 N–H and O–H groups in total. The Morgan fingerprint density at radius 2 is 2.67 bits per heavy atom. The lowest BCUT2D eigenvalue weighted by molar-refractivity contribution is -0.132. The molecule has 0 bridgehead atoms. The molecule has 5 heteroatoms. The van der Waals surface area contributed by atoms with E-state index in [-0.39, 0.29) is 6.73 Å². The zero-order valence-electron chi connectivity index (χ0n) is 4.60. The number of carbonyl (C=O) groups is 1. The molecule has 0 spiro atoms. The monoisotopic (exact) mass is 127 g/mol. The quantitative estimate of drug-likeness (QED) is 0.509. The fraction of sp³-hybridized carbons (Fsp3) is 0.250. The van der Waals surface area contributed by atoms with Crippen molar-refractivity contribution in [1.82, 2.24) is 14.8 Å². The predicted molar refractivity (Wildman–Crippen MR) is 27.2 cm³/mol. The van der Waals surface area contributed by atoms with E-state index in [4.69, 9.17) is 0 Å². The molecule has 9 heavy (non-hydrogen) atoms. The van der Waals surface area contributed by atoms with Crippen molar-refractivity contribution in [2.75, 3.05) is 0 Å². The van der Waals surface area contributed by atoms with E-state index in [0.29, 0.717) is 6.47 Å². The number of rotatable bonds is 3. The van der Waals surface area contributed by atoms with Crippen molar-refractivity contribution in [2.24, 2.45) is 0 Å². The van der Waals surface area contributed by atoms with Gasteiger partial charge in [0.05, 0.1) is 0 Å². The summed E-state index contributed by atoms with van der Waals surface area (Å²) in [5.41, 5.74) is 0. The van der Waals surface area contributed by atoms with E-state index in [1.165, 1.54) is 17.3 Å². The van der Waals surface area contributed by atoms with Gasteiger partial charge in [0.1, 0.15) is 12.7 Å². The standard InChI is InChI=1S/C4H5N3O2/c8-4-9-3-7-2-5-1-6-7/h1-2,4H,3H2. The first-order valence-corrected chi connectivity index (χ1v) is 2.31. The normalized spacial score (nSPS) is 8.89. The molecule has 0 aliphatic rings. The molecular formula is C4H5N3O2. The van der Waals surface area contributed by atoms with Crippen molar-refractivity contribution in [2.45, 2.75) is 6.73 Å². The van der Waals surface area contributed by atoms with Crippen LogP contribution < -0.4 is 0 Å². The Bertz CT molecular complexity index is 172. The first-order valence-electron chi connectivity index (χ1n) is 2.31. The molecule has 0 saturated heterocycles. The van der Waals surface area contributed by atoms with Crippen molar-refractivity contribution < 1.29 is 9.53 Å². The molecule has 0 aliphatic heterocycles. The molecule has 1 rings (SSSR count). The average Bonchev–Trinajstić information content (AvgIpc) is 2.34. The summed E-state index contributed by atoms with van der Waals surface area (Å²) in [6, 6.07) is 0. The Kier molecular flexibility index (Phi) is 1.79. The molecule has 0 atom stereocenters. The van der Waals surface area contributed by atoms with Gasteiger partial charge in [0.15, 0.2) is 6.73 Å². The highest BCUT2D eigenvalue weighted by Gasteiger charge is 1.85. The second-order valence-corrected chi connectivity index (χ2v) is 1.33. The van der Waals surface area contributed by atoms with Gasteiger partial charge in [-0.3, -0.25) is 4.79 Å². The fourth-order valence-electron chi connectivity index (χ4n) is 0.406. The second-order valence-electron chi connectivity index (χ2n) is 1.33. The van der Waals surface area contributed by atoms with Crippen LogP contribution in [0.25, 0.3) is 0 Å². The molecule has 0 unspecified atom stereocenters. The smallest absolute Gasteiger partial charge is 0.294 e. The third kappa shape index (κ3) is 1.52. The number of ether oxygens (including phenoxy) is 1. The van der Waals surface area contributed by atoms with Crippen molar-refractivity contribution in [1.29, 1.82) is 0 Å². The SMILES string of the molecule is O=COCn1cncn1. The van der Waals surface area contributed by atoms with Crippen LogP contribution in [0.15, 0.2) is 12.7 Å². The minimum atomic E-state index is 0.128. The van der Waals surface area contributed by atoms with Crippen molar-refractivity contribution in [3.05, 3.63) is 12.7 Å². The summed E-state index contributed by atoms with van der Waals surface area (Å²) in [6.07, 6.45) is 2.83. The summed E-state index contributed by atoms with van der Waals surface area (Å²) in [6.45, 7) is 0.491. The van der Waals surface area contributed by atoms with E-state index < -0.39 is 0 Å². The number of aromatic nitrogens is 3. The maximum atomic E-state index is 9.62. The molecule has 5 nitrogen and oxygen atoms in total. The zero-order valence-corrected chi connectivity index (χ0v) is 4.60. The van der Waals surface area contributed by atoms with E-state index in [0.717, 1.165) is 0 Å². The van der Waals surface area contributed by atoms with Crippen LogP contribution >= 0.6 is 0 Å². The number of hydrogen-bond acceptors (Lipinski definition) is 4. The van der Waals surface area contributed by atoms with Gasteiger partial charge in [-0.15, -0.1) is 0 Å². The van der Waals surface area contributed by atoms with Crippen LogP contribution in [0.3, 0.4) is 0 Å². The van der Waals surface area contributed by atoms with E-state index in [9.17, 15) is 4.79 Å². The molecule has 0 saturated carbocycles. The first kappa shape index (κ1) is 5.74. The van der Waals surface area contributed by atoms with Gasteiger partial charge in [-0.25, -0.2) is 9.67 Å². The minimum absolute atomic E-state index is 0.128. The van der Waals surface area contributed by atoms with Crippen LogP contribution in [0, 0.1) is 0 Å². The van der Waals surface area contributed by atoms with Crippen LogP contribution in [0.1, 0.15) is 0 Å². The highest BCUT2D eigenvalue weighted by atomic mass is 16.5. The van der Waals surface area contributed by atoms with Crippen LogP contribution in [-0.4, -0.2) is 21.2 Å². The average molecular weight is 127 g/mol. The summed E-state index contributed by atoms with van der Waals surface area (Å²) in [7, 11) is 0. The van der Waals surface area contributed by atoms with Crippen LogP contribution in [0.4, 0.5) is 0 Å². The third-order valence-corrected chi connectivity index (χ3v) is 0.741. The molecule has 1 heterocycles. The Morgan fingerprint density at radius 1 is 1.78 bits per heavy atom. The van der Waals surface area contributed by atoms with Gasteiger partial charge in [0.2, 0.25) is 0 Å². The van der Waals surface area contributed by atoms with E-state index in [2.05, 4.69) is 14.8 Å². The Morgan fingerprint density at radius 3 is 3.22 bits per heavy atom. The molecule has 1 aromatic heterocycles. The van der Waals surface area contributed by atoms with Crippen molar-refractivity contribution >= 4 is 6.47 Å². The van der Waals surface area contributed by atoms with E-state index >= 15 is 0 Å². The fourth-order valence-corrected chi connectivity index (χ4v) is 0.406.